The zero-order valence-corrected chi connectivity index (χ0v) is 11.3. The van der Waals surface area contributed by atoms with Gasteiger partial charge in [-0.25, -0.2) is 0 Å². The fraction of sp³-hybridized carbons (Fsp3) is 0.375. The second-order valence-electron chi connectivity index (χ2n) is 3.62. The van der Waals surface area contributed by atoms with Gasteiger partial charge in [-0.1, -0.05) is 0 Å². The minimum Gasteiger partial charge on any atom is -0.390 e. The number of nitro groups is 1. The van der Waals surface area contributed by atoms with Crippen molar-refractivity contribution in [1.29, 1.82) is 0 Å². The molecule has 0 amide bonds. The summed E-state index contributed by atoms with van der Waals surface area (Å²) in [6.07, 6.45) is 0.194. The molecule has 0 radical (unpaired) electrons. The van der Waals surface area contributed by atoms with Crippen molar-refractivity contribution in [3.05, 3.63) is 14.8 Å². The molecule has 0 aliphatic heterocycles. The number of carbonyl (C=O) groups excluding carboxylic acids is 1. The molecule has 2 aromatic heterocycles. The fourth-order valence-electron chi connectivity index (χ4n) is 1.33. The molecule has 0 aromatic carbocycles. The maximum Gasteiger partial charge on any atom is 0.491 e. The summed E-state index contributed by atoms with van der Waals surface area (Å²) < 4.78 is 1.61. The number of nitrogens with zero attached hydrogens (tertiary/aromatic N) is 6. The summed E-state index contributed by atoms with van der Waals surface area (Å²) in [5.41, 5.74) is 0. The SMILES string of the molecule is CC(=O)CCn1nc([N+](=O)[O-])nc1-c1n[nH]c(Br)n1. The molecule has 0 saturated heterocycles. The Morgan fingerprint density at radius 3 is 2.79 bits per heavy atom. The minimum absolute atomic E-state index is 0.0553. The Labute approximate surface area is 114 Å². The topological polar surface area (TPSA) is 132 Å². The number of aryl methyl sites for hydroxylation is 1. The van der Waals surface area contributed by atoms with E-state index in [1.807, 2.05) is 0 Å². The molecule has 10 nitrogen and oxygen atoms in total. The molecule has 11 heteroatoms. The van der Waals surface area contributed by atoms with E-state index >= 15 is 0 Å². The Morgan fingerprint density at radius 2 is 2.26 bits per heavy atom. The largest absolute Gasteiger partial charge is 0.491 e. The Hall–Kier alpha value is -2.17. The van der Waals surface area contributed by atoms with Crippen molar-refractivity contribution < 1.29 is 9.72 Å². The molecule has 2 rings (SSSR count). The van der Waals surface area contributed by atoms with E-state index in [0.717, 1.165) is 0 Å². The molecule has 1 N–H and O–H groups in total. The van der Waals surface area contributed by atoms with Gasteiger partial charge in [0.05, 0.1) is 6.54 Å². The number of hydrogen-bond donors (Lipinski definition) is 1. The van der Waals surface area contributed by atoms with E-state index in [-0.39, 0.29) is 30.4 Å². The van der Waals surface area contributed by atoms with Gasteiger partial charge in [0.25, 0.3) is 5.82 Å². The van der Waals surface area contributed by atoms with Gasteiger partial charge in [-0.2, -0.15) is 9.67 Å². The molecular weight excluding hydrogens is 322 g/mol. The number of hydrogen-bond acceptors (Lipinski definition) is 7. The highest BCUT2D eigenvalue weighted by atomic mass is 79.9. The lowest BCUT2D eigenvalue weighted by Crippen LogP contribution is -2.07. The summed E-state index contributed by atoms with van der Waals surface area (Å²) in [5, 5.41) is 20.8. The van der Waals surface area contributed by atoms with E-state index in [2.05, 4.69) is 41.2 Å². The second-order valence-corrected chi connectivity index (χ2v) is 4.37. The van der Waals surface area contributed by atoms with Gasteiger partial charge in [-0.15, -0.1) is 5.10 Å². The summed E-state index contributed by atoms with van der Waals surface area (Å²) in [7, 11) is 0. The van der Waals surface area contributed by atoms with Crippen LogP contribution in [-0.4, -0.2) is 40.7 Å². The number of nitrogens with one attached hydrogen (secondary N) is 1. The van der Waals surface area contributed by atoms with Crippen LogP contribution in [-0.2, 0) is 11.3 Å². The van der Waals surface area contributed by atoms with E-state index < -0.39 is 10.9 Å². The highest BCUT2D eigenvalue weighted by Gasteiger charge is 2.25. The highest BCUT2D eigenvalue weighted by Crippen LogP contribution is 2.17. The van der Waals surface area contributed by atoms with Crippen LogP contribution >= 0.6 is 15.9 Å². The standard InChI is InChI=1S/C8H8BrN7O3/c1-4(17)2-3-15-6(5-10-7(9)13-12-5)11-8(14-15)16(18)19/h2-3H2,1H3,(H,10,12,13). The summed E-state index contributed by atoms with van der Waals surface area (Å²) >= 11 is 3.08. The normalized spacial score (nSPS) is 10.6. The van der Waals surface area contributed by atoms with Crippen molar-refractivity contribution in [2.45, 2.75) is 19.9 Å². The Morgan fingerprint density at radius 1 is 1.53 bits per heavy atom. The number of rotatable bonds is 5. The molecule has 2 aromatic rings. The number of aromatic amines is 1. The second kappa shape index (κ2) is 5.22. The molecule has 0 spiro atoms. The highest BCUT2D eigenvalue weighted by molar-refractivity contribution is 9.10. The van der Waals surface area contributed by atoms with E-state index in [4.69, 9.17) is 0 Å². The maximum absolute atomic E-state index is 11.0. The third-order valence-corrected chi connectivity index (χ3v) is 2.51. The van der Waals surface area contributed by atoms with Gasteiger partial charge in [0.15, 0.2) is 4.73 Å². The van der Waals surface area contributed by atoms with Crippen LogP contribution in [0.4, 0.5) is 5.95 Å². The number of H-pyrrole nitrogens is 1. The number of aromatic nitrogens is 6. The predicted octanol–water partition coefficient (Wildman–Crippen LogP) is 0.713. The van der Waals surface area contributed by atoms with Crippen LogP contribution in [0.5, 0.6) is 0 Å². The molecule has 19 heavy (non-hydrogen) atoms. The van der Waals surface area contributed by atoms with Crippen LogP contribution in [0.1, 0.15) is 13.3 Å². The van der Waals surface area contributed by atoms with E-state index in [1.165, 1.54) is 11.6 Å². The van der Waals surface area contributed by atoms with Crippen molar-refractivity contribution in [2.75, 3.05) is 0 Å². The van der Waals surface area contributed by atoms with Gasteiger partial charge in [0, 0.05) is 11.5 Å². The molecule has 100 valence electrons. The van der Waals surface area contributed by atoms with Crippen LogP contribution < -0.4 is 0 Å². The van der Waals surface area contributed by atoms with E-state index in [9.17, 15) is 14.9 Å². The number of carbonyl (C=O) groups is 1. The fourth-order valence-corrected chi connectivity index (χ4v) is 1.59. The first-order valence-corrected chi connectivity index (χ1v) is 5.93. The number of halogens is 1. The van der Waals surface area contributed by atoms with E-state index in [1.54, 1.807) is 0 Å². The Kier molecular flexibility index (Phi) is 3.64. The average molecular weight is 330 g/mol. The van der Waals surface area contributed by atoms with Gasteiger partial charge in [0.1, 0.15) is 5.78 Å². The van der Waals surface area contributed by atoms with Crippen LogP contribution in [0.15, 0.2) is 4.73 Å². The van der Waals surface area contributed by atoms with Crippen LogP contribution in [0.25, 0.3) is 11.6 Å². The lowest BCUT2D eigenvalue weighted by Gasteiger charge is -1.95. The third-order valence-electron chi connectivity index (χ3n) is 2.16. The first-order chi connectivity index (χ1) is 8.97. The zero-order chi connectivity index (χ0) is 14.0. The third kappa shape index (κ3) is 2.99. The van der Waals surface area contributed by atoms with Crippen molar-refractivity contribution in [1.82, 2.24) is 29.9 Å². The predicted molar refractivity (Wildman–Crippen MR) is 65.1 cm³/mol. The van der Waals surface area contributed by atoms with Gasteiger partial charge in [-0.05, 0) is 32.8 Å². The first-order valence-electron chi connectivity index (χ1n) is 5.14. The quantitative estimate of drug-likeness (QED) is 0.630. The first kappa shape index (κ1) is 13.3. The molecule has 0 saturated carbocycles. The van der Waals surface area contributed by atoms with Gasteiger partial charge in [-0.3, -0.25) is 9.89 Å². The lowest BCUT2D eigenvalue weighted by atomic mass is 10.3. The molecule has 0 bridgehead atoms. The van der Waals surface area contributed by atoms with Gasteiger partial charge < -0.3 is 10.1 Å². The van der Waals surface area contributed by atoms with Crippen molar-refractivity contribution >= 4 is 27.7 Å². The van der Waals surface area contributed by atoms with Gasteiger partial charge in [0.2, 0.25) is 5.82 Å². The van der Waals surface area contributed by atoms with Gasteiger partial charge >= 0.3 is 5.95 Å². The zero-order valence-electron chi connectivity index (χ0n) is 9.70. The lowest BCUT2D eigenvalue weighted by molar-refractivity contribution is -0.394. The summed E-state index contributed by atoms with van der Waals surface area (Å²) in [6, 6.07) is 0. The molecular formula is C8H8BrN7O3. The summed E-state index contributed by atoms with van der Waals surface area (Å²) in [5.74, 6) is -0.314. The van der Waals surface area contributed by atoms with Crippen LogP contribution in [0.3, 0.4) is 0 Å². The number of Topliss-reactive ketones (excluding diaryl/α,β-unsaturated/α-hetero) is 1. The molecule has 0 unspecified atom stereocenters. The van der Waals surface area contributed by atoms with E-state index in [0.29, 0.717) is 4.73 Å². The molecule has 0 aliphatic carbocycles. The molecule has 0 atom stereocenters. The summed E-state index contributed by atoms with van der Waals surface area (Å²) in [4.78, 5) is 28.6. The Balaban J connectivity index is 2.39. The molecule has 0 fully saturated rings. The monoisotopic (exact) mass is 329 g/mol. The van der Waals surface area contributed by atoms with Crippen molar-refractivity contribution in [2.24, 2.45) is 0 Å². The van der Waals surface area contributed by atoms with Crippen LogP contribution in [0, 0.1) is 10.1 Å². The average Bonchev–Trinajstić information content (AvgIpc) is 2.92. The molecule has 2 heterocycles. The Bertz CT molecular complexity index is 634. The van der Waals surface area contributed by atoms with Crippen molar-refractivity contribution in [3.8, 4) is 11.6 Å². The van der Waals surface area contributed by atoms with Crippen LogP contribution in [0.2, 0.25) is 0 Å². The minimum atomic E-state index is -0.713. The summed E-state index contributed by atoms with van der Waals surface area (Å²) in [6.45, 7) is 1.60. The maximum atomic E-state index is 11.0. The van der Waals surface area contributed by atoms with Crippen molar-refractivity contribution in [3.63, 3.8) is 0 Å². The smallest absolute Gasteiger partial charge is 0.390 e. The number of ketones is 1. The molecule has 0 aliphatic rings.